The average molecular weight is 338 g/mol. The zero-order chi connectivity index (χ0) is 17.0. The molecule has 0 unspecified atom stereocenters. The minimum absolute atomic E-state index is 0.142. The Kier molecular flexibility index (Phi) is 5.26. The van der Waals surface area contributed by atoms with Crippen LogP contribution in [-0.4, -0.2) is 34.8 Å². The molecule has 2 N–H and O–H groups in total. The van der Waals surface area contributed by atoms with E-state index in [-0.39, 0.29) is 24.8 Å². The second-order valence-corrected chi connectivity index (χ2v) is 6.39. The largest absolute Gasteiger partial charge is 0.352 e. The lowest BCUT2D eigenvalue weighted by atomic mass is 10.1. The highest BCUT2D eigenvalue weighted by molar-refractivity contribution is 6.31. The van der Waals surface area contributed by atoms with Crippen molar-refractivity contribution >= 4 is 29.4 Å². The number of nitrogens with one attached hydrogen (secondary N) is 2. The molecule has 7 heteroatoms. The molecule has 0 aliphatic carbocycles. The standard InChI is InChI=1S/C16H20ClN3O3/c1-16(2)14(22)20(15(23)19-16)9-5-8-13(21)18-10-11-6-3-4-7-12(11)17/h3-4,6-7H,5,8-10H2,1-2H3,(H,18,21)(H,19,23). The van der Waals surface area contributed by atoms with Gasteiger partial charge in [-0.25, -0.2) is 4.79 Å². The number of rotatable bonds is 6. The molecule has 0 radical (unpaired) electrons. The molecule has 0 atom stereocenters. The zero-order valence-electron chi connectivity index (χ0n) is 13.2. The molecule has 1 saturated heterocycles. The number of amides is 4. The Morgan fingerprint density at radius 2 is 2.00 bits per heavy atom. The number of halogens is 1. The topological polar surface area (TPSA) is 78.5 Å². The van der Waals surface area contributed by atoms with Crippen molar-refractivity contribution in [2.24, 2.45) is 0 Å². The van der Waals surface area contributed by atoms with Crippen molar-refractivity contribution in [2.45, 2.75) is 38.8 Å². The van der Waals surface area contributed by atoms with Gasteiger partial charge in [-0.05, 0) is 31.9 Å². The molecule has 1 aromatic carbocycles. The number of urea groups is 1. The Morgan fingerprint density at radius 1 is 1.30 bits per heavy atom. The molecule has 1 aliphatic rings. The third kappa shape index (κ3) is 4.22. The molecule has 1 heterocycles. The van der Waals surface area contributed by atoms with Crippen LogP contribution in [0.15, 0.2) is 24.3 Å². The molecule has 1 aromatic rings. The molecule has 0 spiro atoms. The summed E-state index contributed by atoms with van der Waals surface area (Å²) in [5.41, 5.74) is -0.0259. The van der Waals surface area contributed by atoms with Crippen LogP contribution in [0.25, 0.3) is 0 Å². The van der Waals surface area contributed by atoms with Crippen LogP contribution in [-0.2, 0) is 16.1 Å². The normalized spacial score (nSPS) is 16.4. The summed E-state index contributed by atoms with van der Waals surface area (Å²) in [5, 5.41) is 5.99. The lowest BCUT2D eigenvalue weighted by Crippen LogP contribution is -2.40. The maximum absolute atomic E-state index is 12.0. The molecule has 0 bridgehead atoms. The van der Waals surface area contributed by atoms with E-state index < -0.39 is 11.6 Å². The Hall–Kier alpha value is -2.08. The van der Waals surface area contributed by atoms with Crippen LogP contribution in [0.3, 0.4) is 0 Å². The van der Waals surface area contributed by atoms with Gasteiger partial charge in [0, 0.05) is 24.5 Å². The van der Waals surface area contributed by atoms with E-state index in [9.17, 15) is 14.4 Å². The van der Waals surface area contributed by atoms with Gasteiger partial charge in [-0.1, -0.05) is 29.8 Å². The van der Waals surface area contributed by atoms with Gasteiger partial charge < -0.3 is 10.6 Å². The summed E-state index contributed by atoms with van der Waals surface area (Å²) in [6, 6.07) is 6.89. The Bertz CT molecular complexity index is 631. The highest BCUT2D eigenvalue weighted by atomic mass is 35.5. The molecular formula is C16H20ClN3O3. The highest BCUT2D eigenvalue weighted by Crippen LogP contribution is 2.17. The number of carbonyl (C=O) groups is 3. The Labute approximate surface area is 140 Å². The minimum Gasteiger partial charge on any atom is -0.352 e. The first kappa shape index (κ1) is 17.3. The number of imide groups is 1. The lowest BCUT2D eigenvalue weighted by molar-refractivity contribution is -0.130. The summed E-state index contributed by atoms with van der Waals surface area (Å²) in [6.45, 7) is 3.90. The minimum atomic E-state index is -0.872. The van der Waals surface area contributed by atoms with Crippen LogP contribution < -0.4 is 10.6 Å². The van der Waals surface area contributed by atoms with Crippen LogP contribution >= 0.6 is 11.6 Å². The Balaban J connectivity index is 1.74. The van der Waals surface area contributed by atoms with E-state index >= 15 is 0 Å². The second-order valence-electron chi connectivity index (χ2n) is 5.98. The highest BCUT2D eigenvalue weighted by Gasteiger charge is 2.43. The zero-order valence-corrected chi connectivity index (χ0v) is 13.9. The molecule has 23 heavy (non-hydrogen) atoms. The monoisotopic (exact) mass is 337 g/mol. The first-order chi connectivity index (χ1) is 10.8. The summed E-state index contributed by atoms with van der Waals surface area (Å²) in [6.07, 6.45) is 0.658. The van der Waals surface area contributed by atoms with Crippen molar-refractivity contribution < 1.29 is 14.4 Å². The van der Waals surface area contributed by atoms with Crippen LogP contribution in [0.4, 0.5) is 4.79 Å². The van der Waals surface area contributed by atoms with Crippen molar-refractivity contribution in [1.29, 1.82) is 0 Å². The van der Waals surface area contributed by atoms with E-state index in [1.807, 2.05) is 18.2 Å². The predicted octanol–water partition coefficient (Wildman–Crippen LogP) is 2.07. The van der Waals surface area contributed by atoms with Gasteiger partial charge in [-0.15, -0.1) is 0 Å². The van der Waals surface area contributed by atoms with E-state index in [1.165, 1.54) is 0 Å². The summed E-state index contributed by atoms with van der Waals surface area (Å²) < 4.78 is 0. The third-order valence-corrected chi connectivity index (χ3v) is 4.03. The first-order valence-electron chi connectivity index (χ1n) is 7.45. The SMILES string of the molecule is CC1(C)NC(=O)N(CCCC(=O)NCc2ccccc2Cl)C1=O. The molecule has 124 valence electrons. The van der Waals surface area contributed by atoms with Gasteiger partial charge in [0.15, 0.2) is 0 Å². The van der Waals surface area contributed by atoms with E-state index in [0.29, 0.717) is 18.0 Å². The maximum Gasteiger partial charge on any atom is 0.325 e. The van der Waals surface area contributed by atoms with Crippen LogP contribution in [0.2, 0.25) is 5.02 Å². The molecule has 2 rings (SSSR count). The second kappa shape index (κ2) is 7.00. The van der Waals surface area contributed by atoms with Gasteiger partial charge in [0.05, 0.1) is 0 Å². The molecule has 1 fully saturated rings. The summed E-state index contributed by atoms with van der Waals surface area (Å²) in [7, 11) is 0. The smallest absolute Gasteiger partial charge is 0.325 e. The fraction of sp³-hybridized carbons (Fsp3) is 0.438. The Morgan fingerprint density at radius 3 is 2.61 bits per heavy atom. The van der Waals surface area contributed by atoms with Crippen molar-refractivity contribution in [1.82, 2.24) is 15.5 Å². The van der Waals surface area contributed by atoms with Gasteiger partial charge >= 0.3 is 6.03 Å². The van der Waals surface area contributed by atoms with Crippen molar-refractivity contribution in [2.75, 3.05) is 6.54 Å². The van der Waals surface area contributed by atoms with E-state index in [4.69, 9.17) is 11.6 Å². The van der Waals surface area contributed by atoms with Crippen molar-refractivity contribution in [3.05, 3.63) is 34.9 Å². The molecule has 6 nitrogen and oxygen atoms in total. The maximum atomic E-state index is 12.0. The van der Waals surface area contributed by atoms with Crippen LogP contribution in [0.1, 0.15) is 32.3 Å². The van der Waals surface area contributed by atoms with Gasteiger partial charge in [0.25, 0.3) is 5.91 Å². The molecule has 1 aliphatic heterocycles. The molecule has 4 amide bonds. The van der Waals surface area contributed by atoms with Crippen molar-refractivity contribution in [3.8, 4) is 0 Å². The third-order valence-electron chi connectivity index (χ3n) is 3.66. The van der Waals surface area contributed by atoms with E-state index in [2.05, 4.69) is 10.6 Å². The van der Waals surface area contributed by atoms with E-state index in [0.717, 1.165) is 10.5 Å². The molecule has 0 saturated carbocycles. The number of nitrogens with zero attached hydrogens (tertiary/aromatic N) is 1. The summed E-state index contributed by atoms with van der Waals surface area (Å²) >= 11 is 6.02. The fourth-order valence-corrected chi connectivity index (χ4v) is 2.55. The van der Waals surface area contributed by atoms with Crippen LogP contribution in [0.5, 0.6) is 0 Å². The summed E-state index contributed by atoms with van der Waals surface area (Å²) in [5.74, 6) is -0.407. The molecule has 0 aromatic heterocycles. The van der Waals surface area contributed by atoms with Gasteiger partial charge in [0.1, 0.15) is 5.54 Å². The number of hydrogen-bond acceptors (Lipinski definition) is 3. The quantitative estimate of drug-likeness (QED) is 0.780. The summed E-state index contributed by atoms with van der Waals surface area (Å²) in [4.78, 5) is 36.7. The van der Waals surface area contributed by atoms with E-state index in [1.54, 1.807) is 19.9 Å². The first-order valence-corrected chi connectivity index (χ1v) is 7.83. The van der Waals surface area contributed by atoms with Gasteiger partial charge in [-0.3, -0.25) is 14.5 Å². The molecular weight excluding hydrogens is 318 g/mol. The number of benzene rings is 1. The predicted molar refractivity (Wildman–Crippen MR) is 86.9 cm³/mol. The number of carbonyl (C=O) groups excluding carboxylic acids is 3. The van der Waals surface area contributed by atoms with Gasteiger partial charge in [-0.2, -0.15) is 0 Å². The average Bonchev–Trinajstić information content (AvgIpc) is 2.68. The lowest BCUT2D eigenvalue weighted by Gasteiger charge is -2.15. The van der Waals surface area contributed by atoms with Crippen LogP contribution in [0, 0.1) is 0 Å². The van der Waals surface area contributed by atoms with Crippen molar-refractivity contribution in [3.63, 3.8) is 0 Å². The van der Waals surface area contributed by atoms with Gasteiger partial charge in [0.2, 0.25) is 5.91 Å². The number of hydrogen-bond donors (Lipinski definition) is 2. The fourth-order valence-electron chi connectivity index (χ4n) is 2.34.